The van der Waals surface area contributed by atoms with Crippen LogP contribution < -0.4 is 5.73 Å². The number of benzene rings is 1. The first-order valence-electron chi connectivity index (χ1n) is 6.95. The molecule has 0 heterocycles. The highest BCUT2D eigenvalue weighted by atomic mass is 14.7. The number of hydrogen-bond donors (Lipinski definition) is 1. The molecule has 1 aromatic carbocycles. The maximum absolute atomic E-state index is 6.38. The number of aryl methyl sites for hydroxylation is 2. The fourth-order valence-electron chi connectivity index (χ4n) is 3.48. The van der Waals surface area contributed by atoms with Gasteiger partial charge in [0.2, 0.25) is 0 Å². The zero-order chi connectivity index (χ0) is 12.0. The Morgan fingerprint density at radius 3 is 2.47 bits per heavy atom. The Hall–Kier alpha value is -0.820. The first kappa shape index (κ1) is 11.3. The number of fused-ring (bicyclic) bond motifs is 1. The van der Waals surface area contributed by atoms with Gasteiger partial charge in [-0.05, 0) is 74.0 Å². The van der Waals surface area contributed by atoms with Gasteiger partial charge in [0.25, 0.3) is 0 Å². The zero-order valence-electron chi connectivity index (χ0n) is 10.9. The van der Waals surface area contributed by atoms with Gasteiger partial charge in [0.05, 0.1) is 0 Å². The summed E-state index contributed by atoms with van der Waals surface area (Å²) >= 11 is 0. The molecule has 0 aliphatic heterocycles. The predicted molar refractivity (Wildman–Crippen MR) is 71.9 cm³/mol. The molecule has 17 heavy (non-hydrogen) atoms. The van der Waals surface area contributed by atoms with Crippen molar-refractivity contribution in [1.29, 1.82) is 0 Å². The molecule has 0 spiro atoms. The van der Waals surface area contributed by atoms with Crippen LogP contribution in [0.1, 0.15) is 36.0 Å². The van der Waals surface area contributed by atoms with E-state index in [-0.39, 0.29) is 0 Å². The van der Waals surface area contributed by atoms with Crippen molar-refractivity contribution >= 4 is 0 Å². The van der Waals surface area contributed by atoms with Crippen molar-refractivity contribution in [2.45, 2.75) is 45.6 Å². The number of hydrogen-bond acceptors (Lipinski definition) is 1. The summed E-state index contributed by atoms with van der Waals surface area (Å²) in [6.45, 7) is 4.36. The van der Waals surface area contributed by atoms with Crippen LogP contribution in [0.2, 0.25) is 0 Å². The molecule has 3 rings (SSSR count). The summed E-state index contributed by atoms with van der Waals surface area (Å²) < 4.78 is 0. The van der Waals surface area contributed by atoms with Crippen molar-refractivity contribution in [3.8, 4) is 0 Å². The van der Waals surface area contributed by atoms with Gasteiger partial charge in [-0.1, -0.05) is 18.2 Å². The van der Waals surface area contributed by atoms with Gasteiger partial charge in [-0.15, -0.1) is 0 Å². The van der Waals surface area contributed by atoms with Crippen molar-refractivity contribution in [2.24, 2.45) is 23.5 Å². The quantitative estimate of drug-likeness (QED) is 0.846. The van der Waals surface area contributed by atoms with Crippen LogP contribution in [0.25, 0.3) is 0 Å². The van der Waals surface area contributed by atoms with E-state index in [1.54, 1.807) is 0 Å². The van der Waals surface area contributed by atoms with Crippen molar-refractivity contribution in [3.63, 3.8) is 0 Å². The third kappa shape index (κ3) is 2.26. The van der Waals surface area contributed by atoms with Crippen LogP contribution in [0, 0.1) is 31.6 Å². The molecule has 1 nitrogen and oxygen atoms in total. The lowest BCUT2D eigenvalue weighted by Gasteiger charge is -2.21. The molecule has 0 radical (unpaired) electrons. The smallest absolute Gasteiger partial charge is 0.0108 e. The van der Waals surface area contributed by atoms with Gasteiger partial charge in [0.1, 0.15) is 0 Å². The number of rotatable bonds is 3. The summed E-state index contributed by atoms with van der Waals surface area (Å²) in [4.78, 5) is 0. The molecule has 92 valence electrons. The maximum Gasteiger partial charge on any atom is 0.0108 e. The predicted octanol–water partition coefficient (Wildman–Crippen LogP) is 3.22. The Labute approximate surface area is 104 Å². The first-order chi connectivity index (χ1) is 8.13. The molecular weight excluding hydrogens is 206 g/mol. The third-order valence-corrected chi connectivity index (χ3v) is 4.93. The lowest BCUT2D eigenvalue weighted by molar-refractivity contribution is 0.392. The molecule has 3 unspecified atom stereocenters. The van der Waals surface area contributed by atoms with E-state index in [0.29, 0.717) is 6.04 Å². The fourth-order valence-corrected chi connectivity index (χ4v) is 3.48. The molecule has 2 fully saturated rings. The molecule has 2 saturated carbocycles. The van der Waals surface area contributed by atoms with E-state index in [9.17, 15) is 0 Å². The molecule has 2 aliphatic carbocycles. The average molecular weight is 229 g/mol. The third-order valence-electron chi connectivity index (χ3n) is 4.93. The van der Waals surface area contributed by atoms with Crippen LogP contribution in [0.15, 0.2) is 18.2 Å². The normalized spacial score (nSPS) is 32.3. The Kier molecular flexibility index (Phi) is 2.74. The van der Waals surface area contributed by atoms with Crippen LogP contribution in [-0.2, 0) is 6.42 Å². The van der Waals surface area contributed by atoms with E-state index in [2.05, 4.69) is 32.0 Å². The summed E-state index contributed by atoms with van der Waals surface area (Å²) in [6, 6.07) is 7.16. The highest BCUT2D eigenvalue weighted by molar-refractivity contribution is 5.30. The summed E-state index contributed by atoms with van der Waals surface area (Å²) in [5.41, 5.74) is 10.6. The Morgan fingerprint density at radius 2 is 1.82 bits per heavy atom. The molecule has 0 bridgehead atoms. The van der Waals surface area contributed by atoms with Crippen LogP contribution in [0.4, 0.5) is 0 Å². The van der Waals surface area contributed by atoms with Gasteiger partial charge in [-0.25, -0.2) is 0 Å². The Balaban J connectivity index is 1.63. The summed E-state index contributed by atoms with van der Waals surface area (Å²) in [5.74, 6) is 2.89. The summed E-state index contributed by atoms with van der Waals surface area (Å²) in [7, 11) is 0. The molecule has 2 N–H and O–H groups in total. The van der Waals surface area contributed by atoms with Crippen molar-refractivity contribution in [3.05, 3.63) is 34.9 Å². The molecule has 0 saturated heterocycles. The van der Waals surface area contributed by atoms with E-state index < -0.39 is 0 Å². The molecule has 1 aromatic rings. The fraction of sp³-hybridized carbons (Fsp3) is 0.625. The van der Waals surface area contributed by atoms with Crippen molar-refractivity contribution in [1.82, 2.24) is 0 Å². The van der Waals surface area contributed by atoms with Gasteiger partial charge >= 0.3 is 0 Å². The second-order valence-corrected chi connectivity index (χ2v) is 6.27. The lowest BCUT2D eigenvalue weighted by atomic mass is 9.90. The van der Waals surface area contributed by atoms with E-state index in [0.717, 1.165) is 24.2 Å². The van der Waals surface area contributed by atoms with E-state index in [4.69, 9.17) is 5.73 Å². The SMILES string of the molecule is Cc1ccc(CC(N)C2CC3CC3C2)cc1C. The highest BCUT2D eigenvalue weighted by Crippen LogP contribution is 2.55. The molecule has 2 aliphatic rings. The van der Waals surface area contributed by atoms with E-state index in [1.807, 2.05) is 0 Å². The van der Waals surface area contributed by atoms with Crippen LogP contribution in [-0.4, -0.2) is 6.04 Å². The van der Waals surface area contributed by atoms with E-state index >= 15 is 0 Å². The second kappa shape index (κ2) is 4.13. The van der Waals surface area contributed by atoms with Crippen LogP contribution in [0.5, 0.6) is 0 Å². The van der Waals surface area contributed by atoms with E-state index in [1.165, 1.54) is 36.0 Å². The van der Waals surface area contributed by atoms with Gasteiger partial charge in [0.15, 0.2) is 0 Å². The molecule has 0 aromatic heterocycles. The zero-order valence-corrected chi connectivity index (χ0v) is 10.9. The first-order valence-corrected chi connectivity index (χ1v) is 6.95. The van der Waals surface area contributed by atoms with Crippen molar-refractivity contribution < 1.29 is 0 Å². The lowest BCUT2D eigenvalue weighted by Crippen LogP contribution is -2.31. The molecule has 3 atom stereocenters. The van der Waals surface area contributed by atoms with Crippen LogP contribution >= 0.6 is 0 Å². The van der Waals surface area contributed by atoms with Crippen LogP contribution in [0.3, 0.4) is 0 Å². The monoisotopic (exact) mass is 229 g/mol. The number of nitrogens with two attached hydrogens (primary N) is 1. The molecule has 0 amide bonds. The second-order valence-electron chi connectivity index (χ2n) is 6.27. The minimum absolute atomic E-state index is 0.380. The molecule has 1 heteroatoms. The van der Waals surface area contributed by atoms with Gasteiger partial charge < -0.3 is 5.73 Å². The topological polar surface area (TPSA) is 26.0 Å². The minimum atomic E-state index is 0.380. The standard InChI is InChI=1S/C16H23N/c1-10-3-4-12(5-11(10)2)6-16(17)15-8-13-7-14(13)9-15/h3-5,13-16H,6-9,17H2,1-2H3. The maximum atomic E-state index is 6.38. The minimum Gasteiger partial charge on any atom is -0.327 e. The molecular formula is C16H23N. The van der Waals surface area contributed by atoms with Gasteiger partial charge in [-0.2, -0.15) is 0 Å². The van der Waals surface area contributed by atoms with Gasteiger partial charge in [0, 0.05) is 6.04 Å². The Bertz CT molecular complexity index is 414. The largest absolute Gasteiger partial charge is 0.327 e. The summed E-state index contributed by atoms with van der Waals surface area (Å²) in [5, 5.41) is 0. The van der Waals surface area contributed by atoms with Crippen molar-refractivity contribution in [2.75, 3.05) is 0 Å². The Morgan fingerprint density at radius 1 is 1.12 bits per heavy atom. The highest BCUT2D eigenvalue weighted by Gasteiger charge is 2.47. The summed E-state index contributed by atoms with van der Waals surface area (Å²) in [6.07, 6.45) is 5.35. The van der Waals surface area contributed by atoms with Gasteiger partial charge in [-0.3, -0.25) is 0 Å². The average Bonchev–Trinajstić information content (AvgIpc) is 2.91.